The van der Waals surface area contributed by atoms with Gasteiger partial charge in [0, 0.05) is 27.8 Å². The topological polar surface area (TPSA) is 83.5 Å². The van der Waals surface area contributed by atoms with Gasteiger partial charge in [0.1, 0.15) is 11.9 Å². The van der Waals surface area contributed by atoms with Crippen LogP contribution in [0.3, 0.4) is 0 Å². The summed E-state index contributed by atoms with van der Waals surface area (Å²) in [5.74, 6) is -2.70. The lowest BCUT2D eigenvalue weighted by Gasteiger charge is -2.13. The van der Waals surface area contributed by atoms with Crippen molar-refractivity contribution >= 4 is 38.6 Å². The van der Waals surface area contributed by atoms with Crippen LogP contribution in [0.4, 0.5) is 4.39 Å². The van der Waals surface area contributed by atoms with Gasteiger partial charge in [0.15, 0.2) is 0 Å². The number of carboxylic acid groups (broad SMARTS) is 1. The summed E-state index contributed by atoms with van der Waals surface area (Å²) < 4.78 is 26.0. The molecule has 8 heteroatoms. The third-order valence-electron chi connectivity index (χ3n) is 2.35. The number of benzene rings is 1. The summed E-state index contributed by atoms with van der Waals surface area (Å²) in [6.07, 6.45) is 0. The van der Waals surface area contributed by atoms with Gasteiger partial charge in [-0.05, 0) is 18.2 Å². The van der Waals surface area contributed by atoms with E-state index in [9.17, 15) is 18.2 Å². The van der Waals surface area contributed by atoms with Crippen molar-refractivity contribution in [2.45, 2.75) is 18.7 Å². The second-order valence-electron chi connectivity index (χ2n) is 4.08. The van der Waals surface area contributed by atoms with Crippen molar-refractivity contribution in [3.63, 3.8) is 0 Å². The highest BCUT2D eigenvalue weighted by Crippen LogP contribution is 2.17. The molecular formula is C12H13BrFNO4S. The molecule has 5 nitrogen and oxygen atoms in total. The third kappa shape index (κ3) is 5.38. The average Bonchev–Trinajstić information content (AvgIpc) is 2.32. The summed E-state index contributed by atoms with van der Waals surface area (Å²) in [7, 11) is -1.61. The number of hydrogen-bond acceptors (Lipinski definition) is 3. The molecule has 1 rings (SSSR count). The van der Waals surface area contributed by atoms with Gasteiger partial charge >= 0.3 is 5.97 Å². The van der Waals surface area contributed by atoms with Crippen molar-refractivity contribution in [3.05, 3.63) is 34.1 Å². The van der Waals surface area contributed by atoms with Gasteiger partial charge in [-0.2, -0.15) is 0 Å². The molecule has 0 bridgehead atoms. The number of rotatable bonds is 6. The molecule has 0 aliphatic rings. The summed E-state index contributed by atoms with van der Waals surface area (Å²) in [4.78, 5) is 21.8. The second kappa shape index (κ2) is 7.49. The molecule has 2 unspecified atom stereocenters. The van der Waals surface area contributed by atoms with Crippen molar-refractivity contribution in [2.75, 3.05) is 5.75 Å². The minimum Gasteiger partial charge on any atom is -0.480 e. The Kier molecular flexibility index (Phi) is 6.28. The summed E-state index contributed by atoms with van der Waals surface area (Å²) in [5, 5.41) is 11.1. The molecule has 110 valence electrons. The predicted molar refractivity (Wildman–Crippen MR) is 76.1 cm³/mol. The summed E-state index contributed by atoms with van der Waals surface area (Å²) in [5.41, 5.74) is 0.227. The first kappa shape index (κ1) is 16.8. The molecular weight excluding hydrogens is 353 g/mol. The highest BCUT2D eigenvalue weighted by molar-refractivity contribution is 9.10. The van der Waals surface area contributed by atoms with Gasteiger partial charge in [-0.25, -0.2) is 9.18 Å². The quantitative estimate of drug-likeness (QED) is 0.798. The summed E-state index contributed by atoms with van der Waals surface area (Å²) in [6.45, 7) is 1.17. The number of nitrogens with one attached hydrogen (secondary N) is 1. The molecule has 0 spiro atoms. The fourth-order valence-corrected chi connectivity index (χ4v) is 3.18. The van der Waals surface area contributed by atoms with E-state index in [0.717, 1.165) is 0 Å². The monoisotopic (exact) mass is 365 g/mol. The van der Waals surface area contributed by atoms with Crippen LogP contribution in [0.2, 0.25) is 0 Å². The maximum atomic E-state index is 13.5. The van der Waals surface area contributed by atoms with Crippen molar-refractivity contribution < 1.29 is 23.3 Å². The van der Waals surface area contributed by atoms with E-state index in [4.69, 9.17) is 5.11 Å². The van der Waals surface area contributed by atoms with Gasteiger partial charge in [0.25, 0.3) is 0 Å². The lowest BCUT2D eigenvalue weighted by molar-refractivity contribution is -0.140. The van der Waals surface area contributed by atoms with E-state index in [1.165, 1.54) is 25.1 Å². The van der Waals surface area contributed by atoms with Crippen LogP contribution in [0.25, 0.3) is 0 Å². The molecule has 0 saturated carbocycles. The first-order valence-electron chi connectivity index (χ1n) is 5.58. The smallest absolute Gasteiger partial charge is 0.327 e. The zero-order valence-corrected chi connectivity index (χ0v) is 13.0. The molecule has 0 aliphatic carbocycles. The van der Waals surface area contributed by atoms with E-state index in [2.05, 4.69) is 21.2 Å². The van der Waals surface area contributed by atoms with Gasteiger partial charge in [-0.15, -0.1) is 0 Å². The Morgan fingerprint density at radius 3 is 2.70 bits per heavy atom. The van der Waals surface area contributed by atoms with Crippen LogP contribution < -0.4 is 5.32 Å². The van der Waals surface area contributed by atoms with Crippen LogP contribution in [0, 0.1) is 5.82 Å². The molecule has 0 heterocycles. The Hall–Kier alpha value is -1.28. The Balaban J connectivity index is 2.72. The molecule has 1 amide bonds. The maximum absolute atomic E-state index is 13.5. The first-order valence-corrected chi connectivity index (χ1v) is 7.86. The highest BCUT2D eigenvalue weighted by atomic mass is 79.9. The Bertz CT molecular complexity index is 552. The molecule has 0 aromatic heterocycles. The number of aliphatic carboxylic acids is 1. The first-order chi connectivity index (χ1) is 9.29. The number of halogens is 2. The zero-order chi connectivity index (χ0) is 15.3. The molecule has 2 atom stereocenters. The van der Waals surface area contributed by atoms with Crippen LogP contribution in [0.5, 0.6) is 0 Å². The molecule has 1 aromatic rings. The van der Waals surface area contributed by atoms with Crippen LogP contribution in [0.1, 0.15) is 12.5 Å². The number of amides is 1. The minimum absolute atomic E-state index is 0.116. The zero-order valence-electron chi connectivity index (χ0n) is 10.6. The normalized spacial score (nSPS) is 13.6. The number of carboxylic acids is 1. The van der Waals surface area contributed by atoms with Gasteiger partial charge in [-0.3, -0.25) is 9.00 Å². The molecule has 0 fully saturated rings. The average molecular weight is 366 g/mol. The standard InChI is InChI=1S/C12H13BrFNO4S/c1-7(16)15-11(12(17)18)6-20(19)5-8-4-9(13)2-3-10(8)14/h2-4,11H,5-6H2,1H3,(H,15,16)(H,17,18). The van der Waals surface area contributed by atoms with E-state index in [1.807, 2.05) is 0 Å². The SMILES string of the molecule is CC(=O)NC(CS(=O)Cc1cc(Br)ccc1F)C(=O)O. The fraction of sp³-hybridized carbons (Fsp3) is 0.333. The Labute approximate surface area is 126 Å². The Morgan fingerprint density at radius 1 is 1.50 bits per heavy atom. The van der Waals surface area contributed by atoms with Gasteiger partial charge < -0.3 is 10.4 Å². The summed E-state index contributed by atoms with van der Waals surface area (Å²) in [6, 6.07) is 2.99. The highest BCUT2D eigenvalue weighted by Gasteiger charge is 2.21. The maximum Gasteiger partial charge on any atom is 0.327 e. The number of carbonyl (C=O) groups is 2. The molecule has 0 saturated heterocycles. The van der Waals surface area contributed by atoms with Gasteiger partial charge in [-0.1, -0.05) is 15.9 Å². The number of carbonyl (C=O) groups excluding carboxylic acids is 1. The fourth-order valence-electron chi connectivity index (χ4n) is 1.49. The van der Waals surface area contributed by atoms with Crippen LogP contribution in [-0.4, -0.2) is 33.0 Å². The van der Waals surface area contributed by atoms with E-state index in [0.29, 0.717) is 4.47 Å². The van der Waals surface area contributed by atoms with Crippen molar-refractivity contribution in [3.8, 4) is 0 Å². The molecule has 0 radical (unpaired) electrons. The van der Waals surface area contributed by atoms with Crippen LogP contribution in [-0.2, 0) is 26.1 Å². The van der Waals surface area contributed by atoms with E-state index in [-0.39, 0.29) is 17.1 Å². The second-order valence-corrected chi connectivity index (χ2v) is 6.50. The Morgan fingerprint density at radius 2 is 2.15 bits per heavy atom. The molecule has 1 aromatic carbocycles. The lowest BCUT2D eigenvalue weighted by Crippen LogP contribution is -2.43. The van der Waals surface area contributed by atoms with Crippen molar-refractivity contribution in [1.29, 1.82) is 0 Å². The van der Waals surface area contributed by atoms with E-state index < -0.39 is 34.5 Å². The van der Waals surface area contributed by atoms with Gasteiger partial charge in [0.2, 0.25) is 5.91 Å². The molecule has 2 N–H and O–H groups in total. The van der Waals surface area contributed by atoms with E-state index >= 15 is 0 Å². The lowest BCUT2D eigenvalue weighted by atomic mass is 10.2. The third-order valence-corrected chi connectivity index (χ3v) is 4.18. The molecule has 20 heavy (non-hydrogen) atoms. The summed E-state index contributed by atoms with van der Waals surface area (Å²) >= 11 is 3.18. The van der Waals surface area contributed by atoms with Gasteiger partial charge in [0.05, 0.1) is 11.5 Å². The van der Waals surface area contributed by atoms with Crippen molar-refractivity contribution in [1.82, 2.24) is 5.32 Å². The van der Waals surface area contributed by atoms with Crippen molar-refractivity contribution in [2.24, 2.45) is 0 Å². The van der Waals surface area contributed by atoms with E-state index in [1.54, 1.807) is 0 Å². The minimum atomic E-state index is -1.61. The predicted octanol–water partition coefficient (Wildman–Crippen LogP) is 1.43. The number of hydrogen-bond donors (Lipinski definition) is 2. The molecule has 0 aliphatic heterocycles. The van der Waals surface area contributed by atoms with Crippen LogP contribution >= 0.6 is 15.9 Å². The van der Waals surface area contributed by atoms with Crippen LogP contribution in [0.15, 0.2) is 22.7 Å². The largest absolute Gasteiger partial charge is 0.480 e.